The second-order valence-electron chi connectivity index (χ2n) is 4.46. The molecule has 0 saturated carbocycles. The van der Waals surface area contributed by atoms with Gasteiger partial charge >= 0.3 is 0 Å². The van der Waals surface area contributed by atoms with Crippen LogP contribution in [0.15, 0.2) is 41.8 Å². The molecule has 1 unspecified atom stereocenters. The average molecular weight is 274 g/mol. The van der Waals surface area contributed by atoms with Crippen molar-refractivity contribution in [1.29, 1.82) is 0 Å². The molecule has 0 aliphatic carbocycles. The smallest absolute Gasteiger partial charge is 0.221 e. The van der Waals surface area contributed by atoms with Gasteiger partial charge in [-0.1, -0.05) is 24.3 Å². The van der Waals surface area contributed by atoms with Crippen molar-refractivity contribution in [2.75, 3.05) is 5.32 Å². The van der Waals surface area contributed by atoms with E-state index in [-0.39, 0.29) is 5.91 Å². The number of hydrogen-bond acceptors (Lipinski definition) is 3. The van der Waals surface area contributed by atoms with Gasteiger partial charge in [-0.25, -0.2) is 0 Å². The van der Waals surface area contributed by atoms with E-state index in [0.29, 0.717) is 6.04 Å². The molecule has 19 heavy (non-hydrogen) atoms. The van der Waals surface area contributed by atoms with E-state index in [0.717, 1.165) is 17.8 Å². The predicted octanol–water partition coefficient (Wildman–Crippen LogP) is 3.56. The van der Waals surface area contributed by atoms with Crippen LogP contribution >= 0.6 is 11.3 Å². The van der Waals surface area contributed by atoms with Crippen LogP contribution in [0.25, 0.3) is 0 Å². The number of benzene rings is 1. The third-order valence-corrected chi connectivity index (χ3v) is 3.95. The van der Waals surface area contributed by atoms with Gasteiger partial charge in [0.05, 0.1) is 0 Å². The van der Waals surface area contributed by atoms with Crippen molar-refractivity contribution in [3.63, 3.8) is 0 Å². The molecule has 100 valence electrons. The molecule has 0 bridgehead atoms. The molecule has 0 fully saturated rings. The number of hydrogen-bond donors (Lipinski definition) is 2. The van der Waals surface area contributed by atoms with Gasteiger partial charge in [0.1, 0.15) is 0 Å². The third kappa shape index (κ3) is 3.91. The summed E-state index contributed by atoms with van der Waals surface area (Å²) in [6.07, 6.45) is 0. The van der Waals surface area contributed by atoms with Crippen molar-refractivity contribution in [2.45, 2.75) is 26.4 Å². The zero-order chi connectivity index (χ0) is 13.7. The maximum absolute atomic E-state index is 11.2. The Morgan fingerprint density at radius 2 is 2.05 bits per heavy atom. The monoisotopic (exact) mass is 274 g/mol. The molecule has 0 radical (unpaired) electrons. The first-order valence-electron chi connectivity index (χ1n) is 6.29. The first kappa shape index (κ1) is 13.8. The van der Waals surface area contributed by atoms with Crippen LogP contribution < -0.4 is 10.6 Å². The Kier molecular flexibility index (Phi) is 4.71. The molecule has 1 aromatic heterocycles. The standard InChI is InChI=1S/C15H18N2OS/c1-11(15-8-5-9-19-15)16-10-13-6-3-4-7-14(13)17-12(2)18/h3-9,11,16H,10H2,1-2H3,(H,17,18). The molecule has 0 aliphatic heterocycles. The summed E-state index contributed by atoms with van der Waals surface area (Å²) in [5.74, 6) is -0.0428. The quantitative estimate of drug-likeness (QED) is 0.875. The summed E-state index contributed by atoms with van der Waals surface area (Å²) in [5.41, 5.74) is 1.97. The topological polar surface area (TPSA) is 41.1 Å². The van der Waals surface area contributed by atoms with Gasteiger partial charge in [0.25, 0.3) is 0 Å². The molecule has 0 spiro atoms. The molecule has 0 saturated heterocycles. The van der Waals surface area contributed by atoms with Crippen molar-refractivity contribution in [1.82, 2.24) is 5.32 Å². The van der Waals surface area contributed by atoms with Gasteiger partial charge in [-0.15, -0.1) is 11.3 Å². The van der Waals surface area contributed by atoms with Crippen LogP contribution in [0.1, 0.15) is 30.3 Å². The lowest BCUT2D eigenvalue weighted by atomic mass is 10.1. The van der Waals surface area contributed by atoms with Gasteiger partial charge < -0.3 is 10.6 Å². The number of para-hydroxylation sites is 1. The Balaban J connectivity index is 2.01. The van der Waals surface area contributed by atoms with E-state index in [1.807, 2.05) is 24.3 Å². The van der Waals surface area contributed by atoms with Crippen LogP contribution in [-0.4, -0.2) is 5.91 Å². The molecular formula is C15H18N2OS. The molecule has 3 nitrogen and oxygen atoms in total. The van der Waals surface area contributed by atoms with Gasteiger partial charge in [0.15, 0.2) is 0 Å². The van der Waals surface area contributed by atoms with Crippen molar-refractivity contribution in [3.05, 3.63) is 52.2 Å². The molecule has 1 amide bonds. The molecule has 2 rings (SSSR count). The fourth-order valence-corrected chi connectivity index (χ4v) is 2.65. The first-order valence-corrected chi connectivity index (χ1v) is 7.17. The second kappa shape index (κ2) is 6.50. The summed E-state index contributed by atoms with van der Waals surface area (Å²) in [7, 11) is 0. The summed E-state index contributed by atoms with van der Waals surface area (Å²) in [5, 5.41) is 8.41. The minimum Gasteiger partial charge on any atom is -0.326 e. The summed E-state index contributed by atoms with van der Waals surface area (Å²) in [6, 6.07) is 12.4. The van der Waals surface area contributed by atoms with Crippen LogP contribution in [-0.2, 0) is 11.3 Å². The summed E-state index contributed by atoms with van der Waals surface area (Å²) >= 11 is 1.75. The highest BCUT2D eigenvalue weighted by molar-refractivity contribution is 7.10. The zero-order valence-corrected chi connectivity index (χ0v) is 12.0. The van der Waals surface area contributed by atoms with E-state index >= 15 is 0 Å². The normalized spacial score (nSPS) is 12.1. The fraction of sp³-hybridized carbons (Fsp3) is 0.267. The van der Waals surface area contributed by atoms with E-state index in [9.17, 15) is 4.79 Å². The van der Waals surface area contributed by atoms with Gasteiger partial charge in [-0.05, 0) is 30.0 Å². The highest BCUT2D eigenvalue weighted by atomic mass is 32.1. The number of nitrogens with one attached hydrogen (secondary N) is 2. The molecule has 1 heterocycles. The zero-order valence-electron chi connectivity index (χ0n) is 11.1. The first-order chi connectivity index (χ1) is 9.16. The van der Waals surface area contributed by atoms with Crippen LogP contribution in [0.3, 0.4) is 0 Å². The molecular weight excluding hydrogens is 256 g/mol. The number of carbonyl (C=O) groups excluding carboxylic acids is 1. The maximum Gasteiger partial charge on any atom is 0.221 e. The largest absolute Gasteiger partial charge is 0.326 e. The Bertz CT molecular complexity index is 537. The van der Waals surface area contributed by atoms with E-state index in [4.69, 9.17) is 0 Å². The summed E-state index contributed by atoms with van der Waals surface area (Å²) in [4.78, 5) is 12.5. The third-order valence-electron chi connectivity index (χ3n) is 2.90. The Hall–Kier alpha value is -1.65. The second-order valence-corrected chi connectivity index (χ2v) is 5.44. The highest BCUT2D eigenvalue weighted by Gasteiger charge is 2.08. The molecule has 2 N–H and O–H groups in total. The lowest BCUT2D eigenvalue weighted by molar-refractivity contribution is -0.114. The van der Waals surface area contributed by atoms with Gasteiger partial charge in [0.2, 0.25) is 5.91 Å². The van der Waals surface area contributed by atoms with Gasteiger partial charge in [-0.3, -0.25) is 4.79 Å². The Labute approximate surface area is 117 Å². The number of anilines is 1. The lowest BCUT2D eigenvalue weighted by Crippen LogP contribution is -2.18. The van der Waals surface area contributed by atoms with Crippen LogP contribution in [0, 0.1) is 0 Å². The minimum absolute atomic E-state index is 0.0428. The van der Waals surface area contributed by atoms with E-state index in [2.05, 4.69) is 35.1 Å². The highest BCUT2D eigenvalue weighted by Crippen LogP contribution is 2.20. The number of carbonyl (C=O) groups is 1. The van der Waals surface area contributed by atoms with E-state index in [1.54, 1.807) is 11.3 Å². The maximum atomic E-state index is 11.2. The summed E-state index contributed by atoms with van der Waals surface area (Å²) < 4.78 is 0. The van der Waals surface area contributed by atoms with Crippen molar-refractivity contribution < 1.29 is 4.79 Å². The Morgan fingerprint density at radius 1 is 1.26 bits per heavy atom. The molecule has 1 atom stereocenters. The van der Waals surface area contributed by atoms with Crippen molar-refractivity contribution in [3.8, 4) is 0 Å². The SMILES string of the molecule is CC(=O)Nc1ccccc1CNC(C)c1cccs1. The van der Waals surface area contributed by atoms with Crippen molar-refractivity contribution >= 4 is 22.9 Å². The lowest BCUT2D eigenvalue weighted by Gasteiger charge is -2.14. The van der Waals surface area contributed by atoms with Crippen LogP contribution in [0.5, 0.6) is 0 Å². The fourth-order valence-electron chi connectivity index (χ4n) is 1.89. The van der Waals surface area contributed by atoms with E-state index < -0.39 is 0 Å². The van der Waals surface area contributed by atoms with Gasteiger partial charge in [-0.2, -0.15) is 0 Å². The molecule has 0 aliphatic rings. The number of amides is 1. The average Bonchev–Trinajstić information content (AvgIpc) is 2.90. The predicted molar refractivity (Wildman–Crippen MR) is 80.3 cm³/mol. The Morgan fingerprint density at radius 3 is 2.74 bits per heavy atom. The molecule has 1 aromatic carbocycles. The molecule has 4 heteroatoms. The van der Waals surface area contributed by atoms with E-state index in [1.165, 1.54) is 11.8 Å². The minimum atomic E-state index is -0.0428. The van der Waals surface area contributed by atoms with Crippen LogP contribution in [0.2, 0.25) is 0 Å². The van der Waals surface area contributed by atoms with Crippen molar-refractivity contribution in [2.24, 2.45) is 0 Å². The van der Waals surface area contributed by atoms with Gasteiger partial charge in [0, 0.05) is 30.1 Å². The summed E-state index contributed by atoms with van der Waals surface area (Å²) in [6.45, 7) is 4.40. The number of thiophene rings is 1. The number of rotatable bonds is 5. The molecule has 2 aromatic rings. The van der Waals surface area contributed by atoms with Crippen LogP contribution in [0.4, 0.5) is 5.69 Å².